The van der Waals surface area contributed by atoms with E-state index in [1.807, 2.05) is 32.9 Å². The van der Waals surface area contributed by atoms with Gasteiger partial charge in [0.05, 0.1) is 5.92 Å². The second-order valence-corrected chi connectivity index (χ2v) is 9.45. The van der Waals surface area contributed by atoms with E-state index < -0.39 is 11.7 Å². The summed E-state index contributed by atoms with van der Waals surface area (Å²) in [5, 5.41) is 3.01. The summed E-state index contributed by atoms with van der Waals surface area (Å²) in [5.41, 5.74) is 0.530. The third-order valence-corrected chi connectivity index (χ3v) is 5.81. The average Bonchev–Trinajstić information content (AvgIpc) is 3.01. The second-order valence-electron chi connectivity index (χ2n) is 9.45. The van der Waals surface area contributed by atoms with E-state index in [1.54, 1.807) is 12.4 Å². The predicted molar refractivity (Wildman–Crippen MR) is 110 cm³/mol. The van der Waals surface area contributed by atoms with Crippen LogP contribution in [0.3, 0.4) is 0 Å². The highest BCUT2D eigenvalue weighted by Crippen LogP contribution is 2.33. The van der Waals surface area contributed by atoms with Crippen LogP contribution in [0.2, 0.25) is 0 Å². The Kier molecular flexibility index (Phi) is 7.14. The number of pyridine rings is 1. The van der Waals surface area contributed by atoms with Gasteiger partial charge in [-0.05, 0) is 57.2 Å². The van der Waals surface area contributed by atoms with Crippen molar-refractivity contribution in [1.82, 2.24) is 10.3 Å². The zero-order valence-electron chi connectivity index (χ0n) is 17.9. The first-order valence-corrected chi connectivity index (χ1v) is 10.9. The molecule has 0 radical (unpaired) electrons. The Morgan fingerprint density at radius 2 is 1.93 bits per heavy atom. The Bertz CT molecular complexity index is 680. The van der Waals surface area contributed by atoms with Crippen molar-refractivity contribution in [3.63, 3.8) is 0 Å². The van der Waals surface area contributed by atoms with E-state index in [4.69, 9.17) is 9.47 Å². The van der Waals surface area contributed by atoms with Crippen LogP contribution >= 0.6 is 0 Å². The van der Waals surface area contributed by atoms with Gasteiger partial charge in [0.25, 0.3) is 0 Å². The molecular weight excluding hydrogens is 368 g/mol. The summed E-state index contributed by atoms with van der Waals surface area (Å²) in [6, 6.07) is 3.64. The Balaban J connectivity index is 1.66. The molecule has 2 aliphatic rings. The number of hydrogen-bond acceptors (Lipinski definition) is 5. The van der Waals surface area contributed by atoms with Gasteiger partial charge in [-0.15, -0.1) is 0 Å². The van der Waals surface area contributed by atoms with Gasteiger partial charge in [-0.2, -0.15) is 0 Å². The number of nitrogens with zero attached hydrogens (tertiary/aromatic N) is 1. The number of carbonyl (C=O) groups excluding carboxylic acids is 2. The number of amides is 1. The number of ether oxygens (including phenoxy) is 2. The van der Waals surface area contributed by atoms with Crippen molar-refractivity contribution in [2.45, 2.75) is 89.9 Å². The Labute approximate surface area is 173 Å². The summed E-state index contributed by atoms with van der Waals surface area (Å²) < 4.78 is 11.1. The third-order valence-electron chi connectivity index (χ3n) is 5.81. The molecule has 1 amide bonds. The van der Waals surface area contributed by atoms with Crippen LogP contribution in [0.5, 0.6) is 0 Å². The van der Waals surface area contributed by atoms with Crippen molar-refractivity contribution in [3.05, 3.63) is 30.1 Å². The topological polar surface area (TPSA) is 77.5 Å². The molecule has 3 atom stereocenters. The number of esters is 1. The lowest BCUT2D eigenvalue weighted by Crippen LogP contribution is -2.45. The highest BCUT2D eigenvalue weighted by Gasteiger charge is 2.41. The zero-order chi connectivity index (χ0) is 20.9. The monoisotopic (exact) mass is 402 g/mol. The first kappa shape index (κ1) is 21.6. The summed E-state index contributed by atoms with van der Waals surface area (Å²) in [4.78, 5) is 29.2. The molecule has 6 heteroatoms. The maximum atomic E-state index is 12.7. The number of alkyl carbamates (subject to hydrolysis) is 1. The minimum absolute atomic E-state index is 0.163. The number of hydrogen-bond donors (Lipinski definition) is 1. The normalized spacial score (nSPS) is 24.0. The van der Waals surface area contributed by atoms with Gasteiger partial charge in [0.15, 0.2) is 0 Å². The highest BCUT2D eigenvalue weighted by molar-refractivity contribution is 5.77. The molecule has 3 rings (SSSR count). The molecule has 1 aliphatic heterocycles. The molecule has 2 fully saturated rings. The summed E-state index contributed by atoms with van der Waals surface area (Å²) in [6.45, 7) is 5.53. The van der Waals surface area contributed by atoms with Crippen molar-refractivity contribution in [1.29, 1.82) is 0 Å². The maximum absolute atomic E-state index is 12.7. The molecule has 6 nitrogen and oxygen atoms in total. The van der Waals surface area contributed by atoms with Crippen LogP contribution in [-0.2, 0) is 20.7 Å². The molecule has 1 aliphatic carbocycles. The van der Waals surface area contributed by atoms with E-state index in [1.165, 1.54) is 19.3 Å². The van der Waals surface area contributed by atoms with Crippen molar-refractivity contribution >= 4 is 12.1 Å². The molecule has 1 aromatic rings. The first-order valence-electron chi connectivity index (χ1n) is 10.9. The van der Waals surface area contributed by atoms with Gasteiger partial charge < -0.3 is 14.8 Å². The number of aromatic nitrogens is 1. The van der Waals surface area contributed by atoms with E-state index in [-0.39, 0.29) is 24.0 Å². The Hall–Kier alpha value is -2.11. The average molecular weight is 403 g/mol. The Morgan fingerprint density at radius 3 is 2.59 bits per heavy atom. The minimum atomic E-state index is -0.570. The van der Waals surface area contributed by atoms with Crippen LogP contribution in [0.1, 0.15) is 71.3 Å². The van der Waals surface area contributed by atoms with E-state index >= 15 is 0 Å². The number of rotatable bonds is 6. The molecule has 0 bridgehead atoms. The molecule has 160 valence electrons. The summed E-state index contributed by atoms with van der Waals surface area (Å²) in [7, 11) is 0. The fourth-order valence-corrected chi connectivity index (χ4v) is 4.48. The summed E-state index contributed by atoms with van der Waals surface area (Å²) in [6.07, 6.45) is 11.0. The van der Waals surface area contributed by atoms with Crippen LogP contribution in [0, 0.1) is 11.8 Å². The highest BCUT2D eigenvalue weighted by atomic mass is 16.6. The van der Waals surface area contributed by atoms with Gasteiger partial charge in [-0.1, -0.05) is 32.1 Å². The van der Waals surface area contributed by atoms with E-state index in [0.717, 1.165) is 24.8 Å². The van der Waals surface area contributed by atoms with Crippen LogP contribution in [0.25, 0.3) is 0 Å². The SMILES string of the molecule is CC(C)(C)OC(=O)N[C@@H](CC1CCCCC1)[C@@H]1C[C@@H](Cc2ccncc2)OC1=O. The fraction of sp³-hybridized carbons (Fsp3) is 0.696. The van der Waals surface area contributed by atoms with Crippen molar-refractivity contribution in [2.24, 2.45) is 11.8 Å². The Morgan fingerprint density at radius 1 is 1.24 bits per heavy atom. The third kappa shape index (κ3) is 6.72. The molecule has 1 aromatic heterocycles. The lowest BCUT2D eigenvalue weighted by Gasteiger charge is -2.30. The van der Waals surface area contributed by atoms with E-state index in [9.17, 15) is 9.59 Å². The lowest BCUT2D eigenvalue weighted by molar-refractivity contribution is -0.145. The van der Waals surface area contributed by atoms with Crippen LogP contribution in [0.15, 0.2) is 24.5 Å². The van der Waals surface area contributed by atoms with Gasteiger partial charge >= 0.3 is 12.1 Å². The van der Waals surface area contributed by atoms with Crippen molar-refractivity contribution < 1.29 is 19.1 Å². The van der Waals surface area contributed by atoms with Crippen LogP contribution < -0.4 is 5.32 Å². The largest absolute Gasteiger partial charge is 0.462 e. The quantitative estimate of drug-likeness (QED) is 0.713. The molecule has 29 heavy (non-hydrogen) atoms. The van der Waals surface area contributed by atoms with Gasteiger partial charge in [-0.25, -0.2) is 4.79 Å². The van der Waals surface area contributed by atoms with Gasteiger partial charge in [-0.3, -0.25) is 9.78 Å². The zero-order valence-corrected chi connectivity index (χ0v) is 17.9. The molecule has 1 N–H and O–H groups in total. The van der Waals surface area contributed by atoms with Crippen LogP contribution in [0.4, 0.5) is 4.79 Å². The van der Waals surface area contributed by atoms with Gasteiger partial charge in [0.1, 0.15) is 11.7 Å². The second kappa shape index (κ2) is 9.59. The molecular formula is C23H34N2O4. The predicted octanol–water partition coefficient (Wildman–Crippen LogP) is 4.42. The minimum Gasteiger partial charge on any atom is -0.462 e. The van der Waals surface area contributed by atoms with Gasteiger partial charge in [0.2, 0.25) is 0 Å². The summed E-state index contributed by atoms with van der Waals surface area (Å²) >= 11 is 0. The molecule has 1 saturated heterocycles. The lowest BCUT2D eigenvalue weighted by atomic mass is 9.81. The molecule has 0 spiro atoms. The van der Waals surface area contributed by atoms with Gasteiger partial charge in [0, 0.05) is 24.9 Å². The van der Waals surface area contributed by atoms with Crippen molar-refractivity contribution in [2.75, 3.05) is 0 Å². The molecule has 0 aromatic carbocycles. The number of nitrogens with one attached hydrogen (secondary N) is 1. The number of carbonyl (C=O) groups is 2. The molecule has 0 unspecified atom stereocenters. The van der Waals surface area contributed by atoms with Crippen LogP contribution in [-0.4, -0.2) is 34.8 Å². The number of cyclic esters (lactones) is 1. The van der Waals surface area contributed by atoms with Crippen molar-refractivity contribution in [3.8, 4) is 0 Å². The summed E-state index contributed by atoms with van der Waals surface area (Å²) in [5.74, 6) is 0.00735. The standard InChI is InChI=1S/C23H34N2O4/c1-23(2,3)29-22(27)25-20(14-16-7-5-4-6-8-16)19-15-18(28-21(19)26)13-17-9-11-24-12-10-17/h9-12,16,18-20H,4-8,13-15H2,1-3H3,(H,25,27)/t18-,19+,20+/m1/s1. The van der Waals surface area contributed by atoms with E-state index in [2.05, 4.69) is 10.3 Å². The smallest absolute Gasteiger partial charge is 0.407 e. The fourth-order valence-electron chi connectivity index (χ4n) is 4.48. The first-order chi connectivity index (χ1) is 13.8. The molecule has 1 saturated carbocycles. The maximum Gasteiger partial charge on any atom is 0.407 e. The van der Waals surface area contributed by atoms with E-state index in [0.29, 0.717) is 18.8 Å². The molecule has 2 heterocycles.